The van der Waals surface area contributed by atoms with Crippen molar-refractivity contribution in [3.63, 3.8) is 0 Å². The molecule has 2 atom stereocenters. The molecule has 5 nitrogen and oxygen atoms in total. The zero-order chi connectivity index (χ0) is 17.7. The normalized spacial score (nSPS) is 22.0. The van der Waals surface area contributed by atoms with Gasteiger partial charge in [0.15, 0.2) is 0 Å². The van der Waals surface area contributed by atoms with Crippen molar-refractivity contribution in [1.29, 1.82) is 0 Å². The van der Waals surface area contributed by atoms with Crippen LogP contribution in [0.4, 0.5) is 5.69 Å². The van der Waals surface area contributed by atoms with Gasteiger partial charge in [-0.1, -0.05) is 52.1 Å². The van der Waals surface area contributed by atoms with Crippen LogP contribution in [0.2, 0.25) is 15.1 Å². The highest BCUT2D eigenvalue weighted by Gasteiger charge is 2.56. The standard InChI is InChI=1S/C17H9Cl3N2O3/c18-9-3-1-8(2-4-9)14-13-15(25-21-14)17(24)22(16(13)23)12-7-10(19)5-6-11(12)20/h1-7,13,15H. The van der Waals surface area contributed by atoms with Gasteiger partial charge in [-0.25, -0.2) is 4.90 Å². The maximum absolute atomic E-state index is 12.9. The van der Waals surface area contributed by atoms with Crippen LogP contribution in [-0.4, -0.2) is 23.6 Å². The fourth-order valence-electron chi connectivity index (χ4n) is 2.93. The number of fused-ring (bicyclic) bond motifs is 1. The van der Waals surface area contributed by atoms with E-state index in [0.29, 0.717) is 21.3 Å². The summed E-state index contributed by atoms with van der Waals surface area (Å²) < 4.78 is 0. The maximum Gasteiger partial charge on any atom is 0.279 e. The minimum atomic E-state index is -1.01. The van der Waals surface area contributed by atoms with Gasteiger partial charge in [-0.15, -0.1) is 0 Å². The molecule has 0 bridgehead atoms. The van der Waals surface area contributed by atoms with Crippen LogP contribution in [0, 0.1) is 5.92 Å². The van der Waals surface area contributed by atoms with Gasteiger partial charge in [0, 0.05) is 15.6 Å². The summed E-state index contributed by atoms with van der Waals surface area (Å²) in [6, 6.07) is 11.4. The highest BCUT2D eigenvalue weighted by Crippen LogP contribution is 2.38. The van der Waals surface area contributed by atoms with Gasteiger partial charge >= 0.3 is 0 Å². The quantitative estimate of drug-likeness (QED) is 0.724. The Morgan fingerprint density at radius 2 is 1.60 bits per heavy atom. The molecule has 2 amide bonds. The second-order valence-corrected chi connectivity index (χ2v) is 6.87. The molecule has 4 rings (SSSR count). The average molecular weight is 396 g/mol. The zero-order valence-electron chi connectivity index (χ0n) is 12.4. The molecular weight excluding hydrogens is 387 g/mol. The van der Waals surface area contributed by atoms with Crippen molar-refractivity contribution in [3.05, 3.63) is 63.1 Å². The molecule has 0 aliphatic carbocycles. The van der Waals surface area contributed by atoms with Crippen molar-refractivity contribution in [1.82, 2.24) is 0 Å². The van der Waals surface area contributed by atoms with E-state index in [9.17, 15) is 9.59 Å². The summed E-state index contributed by atoms with van der Waals surface area (Å²) in [5.74, 6) is -1.80. The summed E-state index contributed by atoms with van der Waals surface area (Å²) in [6.45, 7) is 0. The summed E-state index contributed by atoms with van der Waals surface area (Å²) in [5, 5.41) is 5.10. The number of hydrogen-bond donors (Lipinski definition) is 0. The van der Waals surface area contributed by atoms with Gasteiger partial charge in [0.2, 0.25) is 12.0 Å². The first-order valence-corrected chi connectivity index (χ1v) is 8.43. The highest BCUT2D eigenvalue weighted by atomic mass is 35.5. The van der Waals surface area contributed by atoms with E-state index in [4.69, 9.17) is 39.6 Å². The van der Waals surface area contributed by atoms with Gasteiger partial charge in [0.1, 0.15) is 11.6 Å². The molecule has 0 spiro atoms. The molecule has 2 unspecified atom stereocenters. The van der Waals surface area contributed by atoms with Crippen molar-refractivity contribution in [2.75, 3.05) is 4.90 Å². The Bertz CT molecular complexity index is 927. The summed E-state index contributed by atoms with van der Waals surface area (Å²) in [6.07, 6.45) is -1.01. The predicted octanol–water partition coefficient (Wildman–Crippen LogP) is 3.94. The molecule has 8 heteroatoms. The molecule has 126 valence electrons. The van der Waals surface area contributed by atoms with E-state index >= 15 is 0 Å². The van der Waals surface area contributed by atoms with Crippen LogP contribution >= 0.6 is 34.8 Å². The summed E-state index contributed by atoms with van der Waals surface area (Å²) in [7, 11) is 0. The molecule has 0 saturated carbocycles. The SMILES string of the molecule is O=C1C2ON=C(c3ccc(Cl)cc3)C2C(=O)N1c1cc(Cl)ccc1Cl. The largest absolute Gasteiger partial charge is 0.381 e. The van der Waals surface area contributed by atoms with Crippen LogP contribution in [0.3, 0.4) is 0 Å². The lowest BCUT2D eigenvalue weighted by molar-refractivity contribution is -0.126. The number of halogens is 3. The topological polar surface area (TPSA) is 59.0 Å². The van der Waals surface area contributed by atoms with Gasteiger partial charge in [-0.3, -0.25) is 9.59 Å². The number of hydrogen-bond acceptors (Lipinski definition) is 4. The van der Waals surface area contributed by atoms with Crippen LogP contribution in [0.5, 0.6) is 0 Å². The summed E-state index contributed by atoms with van der Waals surface area (Å²) >= 11 is 18.0. The first-order valence-electron chi connectivity index (χ1n) is 7.30. The molecule has 25 heavy (non-hydrogen) atoms. The molecule has 0 aromatic heterocycles. The molecule has 2 aromatic carbocycles. The number of anilines is 1. The summed E-state index contributed by atoms with van der Waals surface area (Å²) in [4.78, 5) is 31.9. The van der Waals surface area contributed by atoms with Gasteiger partial charge in [0.05, 0.1) is 10.7 Å². The first-order chi connectivity index (χ1) is 12.0. The van der Waals surface area contributed by atoms with Crippen molar-refractivity contribution in [2.24, 2.45) is 11.1 Å². The van der Waals surface area contributed by atoms with Crippen LogP contribution < -0.4 is 4.90 Å². The van der Waals surface area contributed by atoms with Crippen molar-refractivity contribution >= 4 is 58.0 Å². The fraction of sp³-hybridized carbons (Fsp3) is 0.118. The molecule has 2 aromatic rings. The van der Waals surface area contributed by atoms with Gasteiger partial charge < -0.3 is 4.84 Å². The average Bonchev–Trinajstić information content (AvgIpc) is 3.12. The van der Waals surface area contributed by atoms with E-state index in [1.165, 1.54) is 12.1 Å². The monoisotopic (exact) mass is 394 g/mol. The van der Waals surface area contributed by atoms with E-state index in [2.05, 4.69) is 5.16 Å². The molecule has 1 saturated heterocycles. The van der Waals surface area contributed by atoms with Crippen molar-refractivity contribution < 1.29 is 14.4 Å². The van der Waals surface area contributed by atoms with Crippen LogP contribution in [0.15, 0.2) is 47.6 Å². The van der Waals surface area contributed by atoms with E-state index in [1.54, 1.807) is 30.3 Å². The summed E-state index contributed by atoms with van der Waals surface area (Å²) in [5.41, 5.74) is 1.29. The molecule has 1 fully saturated rings. The molecule has 2 heterocycles. The Labute approximate surface area is 157 Å². The van der Waals surface area contributed by atoms with E-state index < -0.39 is 23.8 Å². The smallest absolute Gasteiger partial charge is 0.279 e. The molecule has 2 aliphatic heterocycles. The second-order valence-electron chi connectivity index (χ2n) is 5.59. The minimum absolute atomic E-state index is 0.234. The number of imide groups is 1. The Hall–Kier alpha value is -2.08. The fourth-order valence-corrected chi connectivity index (χ4v) is 3.43. The van der Waals surface area contributed by atoms with E-state index in [0.717, 1.165) is 4.90 Å². The number of carbonyl (C=O) groups excluding carboxylic acids is 2. The maximum atomic E-state index is 12.9. The van der Waals surface area contributed by atoms with Crippen LogP contribution in [-0.2, 0) is 14.4 Å². The Balaban J connectivity index is 1.73. The third-order valence-corrected chi connectivity index (χ3v) is 4.91. The minimum Gasteiger partial charge on any atom is -0.381 e. The third kappa shape index (κ3) is 2.59. The van der Waals surface area contributed by atoms with Gasteiger partial charge in [-0.05, 0) is 30.3 Å². The molecule has 0 N–H and O–H groups in total. The zero-order valence-corrected chi connectivity index (χ0v) is 14.7. The first kappa shape index (κ1) is 16.4. The third-order valence-electron chi connectivity index (χ3n) is 4.10. The van der Waals surface area contributed by atoms with Gasteiger partial charge in [0.25, 0.3) is 5.91 Å². The second kappa shape index (κ2) is 6.02. The van der Waals surface area contributed by atoms with Crippen LogP contribution in [0.1, 0.15) is 5.56 Å². The Kier molecular flexibility index (Phi) is 3.95. The number of nitrogens with zero attached hydrogens (tertiary/aromatic N) is 2. The van der Waals surface area contributed by atoms with Gasteiger partial charge in [-0.2, -0.15) is 0 Å². The Morgan fingerprint density at radius 1 is 0.920 bits per heavy atom. The van der Waals surface area contributed by atoms with E-state index in [1.807, 2.05) is 0 Å². The van der Waals surface area contributed by atoms with Crippen LogP contribution in [0.25, 0.3) is 0 Å². The number of benzene rings is 2. The van der Waals surface area contributed by atoms with E-state index in [-0.39, 0.29) is 10.7 Å². The number of oxime groups is 1. The number of amides is 2. The van der Waals surface area contributed by atoms with Crippen molar-refractivity contribution in [2.45, 2.75) is 6.10 Å². The number of rotatable bonds is 2. The molecule has 2 aliphatic rings. The number of carbonyl (C=O) groups is 2. The van der Waals surface area contributed by atoms with Crippen molar-refractivity contribution in [3.8, 4) is 0 Å². The molecular formula is C17H9Cl3N2O3. The molecule has 0 radical (unpaired) electrons. The Morgan fingerprint density at radius 3 is 2.32 bits per heavy atom. The lowest BCUT2D eigenvalue weighted by Crippen LogP contribution is -2.33. The lowest BCUT2D eigenvalue weighted by Gasteiger charge is -2.17. The highest BCUT2D eigenvalue weighted by molar-refractivity contribution is 6.39. The lowest BCUT2D eigenvalue weighted by atomic mass is 9.94. The predicted molar refractivity (Wildman–Crippen MR) is 95.3 cm³/mol.